The molecule has 0 aliphatic heterocycles. The van der Waals surface area contributed by atoms with E-state index in [1.807, 2.05) is 12.1 Å². The molecule has 27 heavy (non-hydrogen) atoms. The number of nitrogens with zero attached hydrogens (tertiary/aromatic N) is 1. The fourth-order valence-corrected chi connectivity index (χ4v) is 2.26. The average Bonchev–Trinajstić information content (AvgIpc) is 2.66. The molecule has 142 valence electrons. The molecule has 0 fully saturated rings. The van der Waals surface area contributed by atoms with Crippen LogP contribution in [0, 0.1) is 0 Å². The number of hydrazone groups is 1. The lowest BCUT2D eigenvalue weighted by Gasteiger charge is -2.05. The molecule has 8 heteroatoms. The number of rotatable bonds is 7. The molecule has 0 aliphatic carbocycles. The van der Waals surface area contributed by atoms with Gasteiger partial charge >= 0.3 is 11.8 Å². The number of hydrogen-bond acceptors (Lipinski definition) is 4. The van der Waals surface area contributed by atoms with E-state index in [1.54, 1.807) is 12.1 Å². The molecule has 2 rings (SSSR count). The maximum atomic E-state index is 11.8. The van der Waals surface area contributed by atoms with Crippen molar-refractivity contribution in [2.24, 2.45) is 5.10 Å². The predicted molar refractivity (Wildman–Crippen MR) is 108 cm³/mol. The van der Waals surface area contributed by atoms with Crippen molar-refractivity contribution < 1.29 is 14.3 Å². The van der Waals surface area contributed by atoms with Crippen LogP contribution >= 0.6 is 23.2 Å². The fourth-order valence-electron chi connectivity index (χ4n) is 1.96. The highest BCUT2D eigenvalue weighted by Crippen LogP contribution is 2.24. The highest BCUT2D eigenvalue weighted by Gasteiger charge is 2.13. The van der Waals surface area contributed by atoms with Crippen LogP contribution in [0.25, 0.3) is 0 Å². The molecule has 0 saturated carbocycles. The minimum absolute atomic E-state index is 0.273. The molecule has 0 atom stereocenters. The minimum atomic E-state index is -0.906. The van der Waals surface area contributed by atoms with Crippen LogP contribution in [0.5, 0.6) is 5.75 Å². The van der Waals surface area contributed by atoms with Crippen molar-refractivity contribution in [1.29, 1.82) is 0 Å². The standard InChI is InChI=1S/C19H19Cl2N3O3/c1-2-3-10-27-15-7-4-13(5-8-15)12-22-24-19(26)18(25)23-14-6-9-16(20)17(21)11-14/h4-9,11-12H,2-3,10H2,1H3,(H,23,25)(H,24,26)/b22-12-. The number of nitrogens with one attached hydrogen (secondary N) is 2. The predicted octanol–water partition coefficient (Wildman–Crippen LogP) is 4.26. The van der Waals surface area contributed by atoms with Gasteiger partial charge in [-0.1, -0.05) is 36.5 Å². The zero-order valence-electron chi connectivity index (χ0n) is 14.7. The van der Waals surface area contributed by atoms with E-state index < -0.39 is 11.8 Å². The van der Waals surface area contributed by atoms with Crippen LogP contribution in [-0.2, 0) is 9.59 Å². The van der Waals surface area contributed by atoms with Gasteiger partial charge in [0.15, 0.2) is 0 Å². The van der Waals surface area contributed by atoms with Crippen molar-refractivity contribution in [3.63, 3.8) is 0 Å². The summed E-state index contributed by atoms with van der Waals surface area (Å²) in [6.07, 6.45) is 3.50. The Hall–Kier alpha value is -2.57. The first-order valence-corrected chi connectivity index (χ1v) is 9.07. The van der Waals surface area contributed by atoms with E-state index in [2.05, 4.69) is 22.8 Å². The summed E-state index contributed by atoms with van der Waals surface area (Å²) in [7, 11) is 0. The van der Waals surface area contributed by atoms with Gasteiger partial charge in [0.1, 0.15) is 5.75 Å². The normalized spacial score (nSPS) is 10.6. The quantitative estimate of drug-likeness (QED) is 0.311. The molecule has 2 N–H and O–H groups in total. The summed E-state index contributed by atoms with van der Waals surface area (Å²) in [5.74, 6) is -1.01. The highest BCUT2D eigenvalue weighted by molar-refractivity contribution is 6.42. The Balaban J connectivity index is 1.83. The van der Waals surface area contributed by atoms with Gasteiger partial charge in [0.25, 0.3) is 0 Å². The third-order valence-electron chi connectivity index (χ3n) is 3.41. The maximum Gasteiger partial charge on any atom is 0.329 e. The van der Waals surface area contributed by atoms with Gasteiger partial charge in [-0.3, -0.25) is 9.59 Å². The first-order valence-electron chi connectivity index (χ1n) is 8.32. The number of amides is 2. The van der Waals surface area contributed by atoms with Crippen LogP contribution in [0.3, 0.4) is 0 Å². The van der Waals surface area contributed by atoms with Gasteiger partial charge in [0, 0.05) is 5.69 Å². The number of carbonyl (C=O) groups excluding carboxylic acids is 2. The van der Waals surface area contributed by atoms with Crippen LogP contribution in [0.2, 0.25) is 10.0 Å². The Morgan fingerprint density at radius 2 is 1.81 bits per heavy atom. The van der Waals surface area contributed by atoms with E-state index in [-0.39, 0.29) is 5.02 Å². The number of benzene rings is 2. The lowest BCUT2D eigenvalue weighted by Crippen LogP contribution is -2.32. The number of anilines is 1. The first-order chi connectivity index (χ1) is 13.0. The summed E-state index contributed by atoms with van der Waals surface area (Å²) in [6.45, 7) is 2.77. The van der Waals surface area contributed by atoms with Crippen LogP contribution in [-0.4, -0.2) is 24.6 Å². The molecule has 0 spiro atoms. The summed E-state index contributed by atoms with van der Waals surface area (Å²) in [4.78, 5) is 23.6. The van der Waals surface area contributed by atoms with Crippen molar-refractivity contribution >= 4 is 46.9 Å². The van der Waals surface area contributed by atoms with Gasteiger partial charge in [-0.15, -0.1) is 0 Å². The second-order valence-corrected chi connectivity index (χ2v) is 6.37. The largest absolute Gasteiger partial charge is 0.494 e. The summed E-state index contributed by atoms with van der Waals surface area (Å²) in [5, 5.41) is 6.80. The Bertz CT molecular complexity index is 823. The monoisotopic (exact) mass is 407 g/mol. The summed E-state index contributed by atoms with van der Waals surface area (Å²) in [6, 6.07) is 11.7. The van der Waals surface area contributed by atoms with Crippen LogP contribution in [0.1, 0.15) is 25.3 Å². The molecule has 2 amide bonds. The van der Waals surface area contributed by atoms with Crippen LogP contribution in [0.15, 0.2) is 47.6 Å². The van der Waals surface area contributed by atoms with E-state index in [9.17, 15) is 9.59 Å². The Labute approximate surface area is 167 Å². The van der Waals surface area contributed by atoms with Crippen molar-refractivity contribution in [2.75, 3.05) is 11.9 Å². The Morgan fingerprint density at radius 1 is 1.07 bits per heavy atom. The topological polar surface area (TPSA) is 79.8 Å². The zero-order chi connectivity index (χ0) is 19.6. The minimum Gasteiger partial charge on any atom is -0.494 e. The molecular weight excluding hydrogens is 389 g/mol. The molecule has 0 radical (unpaired) electrons. The molecule has 2 aromatic carbocycles. The van der Waals surface area contributed by atoms with Crippen molar-refractivity contribution in [1.82, 2.24) is 5.43 Å². The second-order valence-electron chi connectivity index (χ2n) is 5.55. The lowest BCUT2D eigenvalue weighted by molar-refractivity contribution is -0.136. The van der Waals surface area contributed by atoms with Crippen molar-refractivity contribution in [3.05, 3.63) is 58.1 Å². The van der Waals surface area contributed by atoms with E-state index in [4.69, 9.17) is 27.9 Å². The van der Waals surface area contributed by atoms with Crippen LogP contribution < -0.4 is 15.5 Å². The van der Waals surface area contributed by atoms with Gasteiger partial charge in [-0.05, 0) is 54.4 Å². The molecule has 0 aromatic heterocycles. The second kappa shape index (κ2) is 10.5. The third kappa shape index (κ3) is 6.92. The lowest BCUT2D eigenvalue weighted by atomic mass is 10.2. The molecule has 0 unspecified atom stereocenters. The molecular formula is C19H19Cl2N3O3. The molecule has 2 aromatic rings. The van der Waals surface area contributed by atoms with Crippen LogP contribution in [0.4, 0.5) is 5.69 Å². The molecule has 0 bridgehead atoms. The van der Waals surface area contributed by atoms with E-state index >= 15 is 0 Å². The highest BCUT2D eigenvalue weighted by atomic mass is 35.5. The number of unbranched alkanes of at least 4 members (excludes halogenated alkanes) is 1. The molecule has 0 heterocycles. The number of halogens is 2. The van der Waals surface area contributed by atoms with Gasteiger partial charge in [0.2, 0.25) is 0 Å². The van der Waals surface area contributed by atoms with Crippen molar-refractivity contribution in [2.45, 2.75) is 19.8 Å². The van der Waals surface area contributed by atoms with Gasteiger partial charge in [-0.25, -0.2) is 5.43 Å². The smallest absolute Gasteiger partial charge is 0.329 e. The Kier molecular flexibility index (Phi) is 8.10. The fraction of sp³-hybridized carbons (Fsp3) is 0.211. The SMILES string of the molecule is CCCCOc1ccc(/C=N\NC(=O)C(=O)Nc2ccc(Cl)c(Cl)c2)cc1. The zero-order valence-corrected chi connectivity index (χ0v) is 16.2. The Morgan fingerprint density at radius 3 is 2.48 bits per heavy atom. The number of ether oxygens (including phenoxy) is 1. The summed E-state index contributed by atoms with van der Waals surface area (Å²) in [5.41, 5.74) is 3.27. The van der Waals surface area contributed by atoms with E-state index in [0.717, 1.165) is 24.2 Å². The molecule has 0 aliphatic rings. The number of carbonyl (C=O) groups is 2. The molecule has 6 nitrogen and oxygen atoms in total. The van der Waals surface area contributed by atoms with E-state index in [0.29, 0.717) is 17.3 Å². The van der Waals surface area contributed by atoms with E-state index in [1.165, 1.54) is 24.4 Å². The average molecular weight is 408 g/mol. The summed E-state index contributed by atoms with van der Waals surface area (Å²) >= 11 is 11.7. The number of hydrogen-bond donors (Lipinski definition) is 2. The molecule has 0 saturated heterocycles. The van der Waals surface area contributed by atoms with Gasteiger partial charge in [0.05, 0.1) is 22.9 Å². The van der Waals surface area contributed by atoms with Gasteiger partial charge < -0.3 is 10.1 Å². The maximum absolute atomic E-state index is 11.8. The third-order valence-corrected chi connectivity index (χ3v) is 4.15. The summed E-state index contributed by atoms with van der Waals surface area (Å²) < 4.78 is 5.56. The van der Waals surface area contributed by atoms with Gasteiger partial charge in [-0.2, -0.15) is 5.10 Å². The first kappa shape index (κ1) is 20.7. The van der Waals surface area contributed by atoms with Crippen molar-refractivity contribution in [3.8, 4) is 5.75 Å².